The van der Waals surface area contributed by atoms with E-state index in [1.165, 1.54) is 0 Å². The van der Waals surface area contributed by atoms with Gasteiger partial charge in [-0.1, -0.05) is 35.8 Å². The first-order valence-electron chi connectivity index (χ1n) is 9.88. The third-order valence-electron chi connectivity index (χ3n) is 4.24. The summed E-state index contributed by atoms with van der Waals surface area (Å²) in [5.74, 6) is 0.358. The van der Waals surface area contributed by atoms with Crippen molar-refractivity contribution >= 4 is 12.4 Å². The molecule has 1 radical (unpaired) electrons. The number of para-hydroxylation sites is 2. The van der Waals surface area contributed by atoms with Gasteiger partial charge in [-0.15, -0.1) is 0 Å². The minimum Gasteiger partial charge on any atom is -2.00 e. The predicted molar refractivity (Wildman–Crippen MR) is 114 cm³/mol. The molecular weight excluding hydrogens is 435 g/mol. The molecule has 165 valence electrons. The fourth-order valence-corrected chi connectivity index (χ4v) is 2.84. The van der Waals surface area contributed by atoms with Crippen molar-refractivity contribution in [1.29, 1.82) is 0 Å². The van der Waals surface area contributed by atoms with Crippen molar-refractivity contribution < 1.29 is 43.7 Å². The number of ether oxygens (including phenoxy) is 2. The summed E-state index contributed by atoms with van der Waals surface area (Å²) >= 11 is 0. The molecule has 0 saturated heterocycles. The maximum atomic E-state index is 12.3. The number of aliphatic imine (C=N–C) groups is 2. The van der Waals surface area contributed by atoms with Crippen LogP contribution in [0.1, 0.15) is 45.2 Å². The van der Waals surface area contributed by atoms with Crippen molar-refractivity contribution in [3.05, 3.63) is 47.5 Å². The zero-order valence-corrected chi connectivity index (χ0v) is 19.7. The van der Waals surface area contributed by atoms with Gasteiger partial charge in [0.15, 0.2) is 0 Å². The van der Waals surface area contributed by atoms with Gasteiger partial charge in [-0.2, -0.15) is 0 Å². The maximum Gasteiger partial charge on any atom is 4.00 e. The van der Waals surface area contributed by atoms with Crippen molar-refractivity contribution in [2.24, 2.45) is 9.98 Å². The Morgan fingerprint density at radius 1 is 0.806 bits per heavy atom. The SMILES string of the molecule is CCOc1cccc(C=N[C@H](C)C[C@@H](C)N=Cc2cccc(OCC)c2[O-])c1[O-].[O-2].[V+4]. The molecule has 0 saturated carbocycles. The van der Waals surface area contributed by atoms with Gasteiger partial charge in [0.2, 0.25) is 0 Å². The Kier molecular flexibility index (Phi) is 13.4. The van der Waals surface area contributed by atoms with E-state index in [0.29, 0.717) is 42.3 Å². The Balaban J connectivity index is 0.00000450. The van der Waals surface area contributed by atoms with E-state index in [2.05, 4.69) is 9.98 Å². The molecule has 7 nitrogen and oxygen atoms in total. The van der Waals surface area contributed by atoms with Gasteiger partial charge in [-0.25, -0.2) is 0 Å². The Bertz CT molecular complexity index is 788. The Morgan fingerprint density at radius 2 is 1.19 bits per heavy atom. The average Bonchev–Trinajstić information content (AvgIpc) is 2.69. The summed E-state index contributed by atoms with van der Waals surface area (Å²) < 4.78 is 10.7. The molecule has 0 spiro atoms. The molecule has 2 atom stereocenters. The average molecular weight is 463 g/mol. The second-order valence-electron chi connectivity index (χ2n) is 6.71. The van der Waals surface area contributed by atoms with Gasteiger partial charge in [0.05, 0.1) is 13.2 Å². The molecule has 0 fully saturated rings. The minimum atomic E-state index is -0.159. The predicted octanol–water partition coefficient (Wildman–Crippen LogP) is 3.22. The van der Waals surface area contributed by atoms with E-state index in [1.807, 2.05) is 27.7 Å². The molecule has 0 unspecified atom stereocenters. The minimum absolute atomic E-state index is 0. The van der Waals surface area contributed by atoms with Crippen molar-refractivity contribution in [3.8, 4) is 23.0 Å². The van der Waals surface area contributed by atoms with Gasteiger partial charge in [-0.05, 0) is 57.4 Å². The second kappa shape index (κ2) is 14.5. The van der Waals surface area contributed by atoms with Crippen molar-refractivity contribution in [3.63, 3.8) is 0 Å². The van der Waals surface area contributed by atoms with Gasteiger partial charge in [0, 0.05) is 24.5 Å². The van der Waals surface area contributed by atoms with Gasteiger partial charge in [0.1, 0.15) is 11.5 Å². The first kappa shape index (κ1) is 28.5. The molecule has 0 aliphatic rings. The van der Waals surface area contributed by atoms with Gasteiger partial charge < -0.3 is 25.2 Å². The Labute approximate surface area is 196 Å². The smallest absolute Gasteiger partial charge is 2.00 e. The second-order valence-corrected chi connectivity index (χ2v) is 6.71. The molecule has 0 aliphatic carbocycles. The van der Waals surface area contributed by atoms with Gasteiger partial charge >= 0.3 is 18.6 Å². The number of rotatable bonds is 10. The van der Waals surface area contributed by atoms with Crippen LogP contribution in [0, 0.1) is 0 Å². The normalized spacial score (nSPS) is 12.8. The standard InChI is InChI=1S/C23H30N2O4.O.V/c1-5-28-20-11-7-9-18(22(20)26)14-24-16(3)13-17(4)25-15-19-10-8-12-21(23(19)27)29-6-2;;/h7-12,14-17,26-27H,5-6,13H2,1-4H3;;/q;-2;+4/p-2/t16-,17-;;/m1../s1. The summed E-state index contributed by atoms with van der Waals surface area (Å²) in [4.78, 5) is 8.94. The van der Waals surface area contributed by atoms with Crippen LogP contribution < -0.4 is 19.7 Å². The van der Waals surface area contributed by atoms with Crippen LogP contribution in [-0.2, 0) is 24.0 Å². The monoisotopic (exact) mass is 463 g/mol. The summed E-state index contributed by atoms with van der Waals surface area (Å²) in [7, 11) is 0. The third-order valence-corrected chi connectivity index (χ3v) is 4.24. The van der Waals surface area contributed by atoms with E-state index in [9.17, 15) is 10.2 Å². The quantitative estimate of drug-likeness (QED) is 0.503. The molecule has 0 heterocycles. The van der Waals surface area contributed by atoms with Crippen LogP contribution in [0.5, 0.6) is 23.0 Å². The van der Waals surface area contributed by atoms with Crippen LogP contribution >= 0.6 is 0 Å². The summed E-state index contributed by atoms with van der Waals surface area (Å²) in [6.07, 6.45) is 3.87. The van der Waals surface area contributed by atoms with Crippen molar-refractivity contribution in [2.75, 3.05) is 13.2 Å². The molecule has 0 aromatic heterocycles. The summed E-state index contributed by atoms with van der Waals surface area (Å²) in [5, 5.41) is 24.6. The van der Waals surface area contributed by atoms with Crippen LogP contribution in [0.4, 0.5) is 0 Å². The summed E-state index contributed by atoms with van der Waals surface area (Å²) in [5.41, 5.74) is 1.00. The number of hydrogen-bond acceptors (Lipinski definition) is 6. The van der Waals surface area contributed by atoms with Crippen LogP contribution in [0.3, 0.4) is 0 Å². The van der Waals surface area contributed by atoms with E-state index in [1.54, 1.807) is 48.8 Å². The molecule has 0 amide bonds. The topological polar surface area (TPSA) is 118 Å². The first-order valence-corrected chi connectivity index (χ1v) is 9.88. The third kappa shape index (κ3) is 8.65. The number of nitrogens with zero attached hydrogens (tertiary/aromatic N) is 2. The summed E-state index contributed by atoms with van der Waals surface area (Å²) in [6, 6.07) is 10.3. The van der Waals surface area contributed by atoms with Crippen LogP contribution in [-0.4, -0.2) is 37.7 Å². The summed E-state index contributed by atoms with van der Waals surface area (Å²) in [6.45, 7) is 8.50. The maximum absolute atomic E-state index is 12.3. The number of hydrogen-bond donors (Lipinski definition) is 0. The van der Waals surface area contributed by atoms with Crippen LogP contribution in [0.2, 0.25) is 0 Å². The molecule has 2 aromatic rings. The molecule has 0 bridgehead atoms. The van der Waals surface area contributed by atoms with Gasteiger partial charge in [-0.3, -0.25) is 9.98 Å². The van der Waals surface area contributed by atoms with Crippen molar-refractivity contribution in [2.45, 2.75) is 46.2 Å². The largest absolute Gasteiger partial charge is 4.00 e. The zero-order valence-electron chi connectivity index (χ0n) is 18.3. The van der Waals surface area contributed by atoms with Crippen LogP contribution in [0.25, 0.3) is 0 Å². The Morgan fingerprint density at radius 3 is 1.55 bits per heavy atom. The number of benzene rings is 2. The Hall–Kier alpha value is -2.48. The molecule has 2 aromatic carbocycles. The molecule has 0 aliphatic heterocycles. The molecule has 8 heteroatoms. The van der Waals surface area contributed by atoms with E-state index >= 15 is 0 Å². The van der Waals surface area contributed by atoms with E-state index in [0.717, 1.165) is 0 Å². The van der Waals surface area contributed by atoms with Crippen LogP contribution in [0.15, 0.2) is 46.4 Å². The van der Waals surface area contributed by atoms with E-state index in [4.69, 9.17) is 9.47 Å². The van der Waals surface area contributed by atoms with E-state index in [-0.39, 0.29) is 47.6 Å². The molecule has 31 heavy (non-hydrogen) atoms. The van der Waals surface area contributed by atoms with Gasteiger partial charge in [0.25, 0.3) is 0 Å². The molecular formula is C23H28N2O5V. The molecule has 2 rings (SSSR count). The fraction of sp³-hybridized carbons (Fsp3) is 0.391. The fourth-order valence-electron chi connectivity index (χ4n) is 2.84. The zero-order chi connectivity index (χ0) is 21.2. The molecule has 0 N–H and O–H groups in total. The first-order chi connectivity index (χ1) is 14.0. The van der Waals surface area contributed by atoms with Crippen molar-refractivity contribution in [1.82, 2.24) is 0 Å². The van der Waals surface area contributed by atoms with E-state index < -0.39 is 0 Å².